The summed E-state index contributed by atoms with van der Waals surface area (Å²) in [4.78, 5) is 19.3. The summed E-state index contributed by atoms with van der Waals surface area (Å²) in [5.74, 6) is 0. The normalized spacial score (nSPS) is 11.6. The Labute approximate surface area is 287 Å². The van der Waals surface area contributed by atoms with Gasteiger partial charge in [-0.2, -0.15) is 0 Å². The molecule has 0 spiro atoms. The molecule has 0 aliphatic heterocycles. The van der Waals surface area contributed by atoms with Crippen molar-refractivity contribution in [2.24, 2.45) is 0 Å². The molecule has 0 saturated heterocycles. The SMILES string of the molecule is c1ccc(-c2cc(-c3ccc(-n4c5ccccc5c5cccnc54)cc3)cc(-c3ccc(-n4c5ccccc5c5cccnc54)cc3)n2)nc1. The summed E-state index contributed by atoms with van der Waals surface area (Å²) in [5.41, 5.74) is 12.0. The summed E-state index contributed by atoms with van der Waals surface area (Å²) in [6, 6.07) is 52.7. The Bertz CT molecular complexity index is 2570. The monoisotopic (exact) mass is 640 g/mol. The maximum atomic E-state index is 5.12. The molecule has 0 N–H and O–H groups in total. The molecule has 10 rings (SSSR count). The van der Waals surface area contributed by atoms with Crippen molar-refractivity contribution in [3.05, 3.63) is 170 Å². The molecule has 50 heavy (non-hydrogen) atoms. The van der Waals surface area contributed by atoms with Gasteiger partial charge in [-0.05, 0) is 96.1 Å². The van der Waals surface area contributed by atoms with Gasteiger partial charge >= 0.3 is 0 Å². The van der Waals surface area contributed by atoms with Crippen LogP contribution in [0.5, 0.6) is 0 Å². The molecule has 0 unspecified atom stereocenters. The van der Waals surface area contributed by atoms with Crippen LogP contribution in [0.3, 0.4) is 0 Å². The van der Waals surface area contributed by atoms with Gasteiger partial charge in [0, 0.05) is 57.1 Å². The van der Waals surface area contributed by atoms with Crippen molar-refractivity contribution in [1.82, 2.24) is 29.1 Å². The van der Waals surface area contributed by atoms with Gasteiger partial charge in [-0.1, -0.05) is 66.7 Å². The van der Waals surface area contributed by atoms with E-state index in [1.165, 1.54) is 10.8 Å². The van der Waals surface area contributed by atoms with E-state index < -0.39 is 0 Å². The predicted molar refractivity (Wildman–Crippen MR) is 203 cm³/mol. The molecule has 0 saturated carbocycles. The van der Waals surface area contributed by atoms with E-state index in [1.807, 2.05) is 48.9 Å². The second-order valence-electron chi connectivity index (χ2n) is 12.4. The zero-order valence-electron chi connectivity index (χ0n) is 26.8. The number of hydrogen-bond acceptors (Lipinski definition) is 4. The van der Waals surface area contributed by atoms with Crippen LogP contribution in [0.4, 0.5) is 0 Å². The van der Waals surface area contributed by atoms with E-state index in [0.717, 1.165) is 78.2 Å². The van der Waals surface area contributed by atoms with Gasteiger partial charge < -0.3 is 0 Å². The van der Waals surface area contributed by atoms with Crippen molar-refractivity contribution in [3.8, 4) is 45.1 Å². The highest BCUT2D eigenvalue weighted by Gasteiger charge is 2.16. The molecule has 0 amide bonds. The van der Waals surface area contributed by atoms with Gasteiger partial charge in [-0.25, -0.2) is 15.0 Å². The molecule has 6 heteroatoms. The van der Waals surface area contributed by atoms with Crippen molar-refractivity contribution in [1.29, 1.82) is 0 Å². The lowest BCUT2D eigenvalue weighted by Gasteiger charge is -2.12. The lowest BCUT2D eigenvalue weighted by molar-refractivity contribution is 1.13. The molecule has 0 radical (unpaired) electrons. The van der Waals surface area contributed by atoms with Crippen LogP contribution in [0.25, 0.3) is 89.0 Å². The van der Waals surface area contributed by atoms with Crippen molar-refractivity contribution in [3.63, 3.8) is 0 Å². The average molecular weight is 641 g/mol. The Morgan fingerprint density at radius 2 is 0.840 bits per heavy atom. The standard InChI is InChI=1S/C44H28N6/c1-3-14-41-34(9-1)36-11-7-25-46-43(36)49(41)32-20-16-29(17-21-32)31-27-39(48-40(28-31)38-13-5-6-24-45-38)30-18-22-33(23-19-30)50-42-15-4-2-10-35(42)37-12-8-26-47-44(37)50/h1-28H. The fourth-order valence-corrected chi connectivity index (χ4v) is 7.19. The number of rotatable bonds is 5. The molecule has 6 nitrogen and oxygen atoms in total. The van der Waals surface area contributed by atoms with E-state index in [4.69, 9.17) is 15.0 Å². The number of hydrogen-bond donors (Lipinski definition) is 0. The highest BCUT2D eigenvalue weighted by Crippen LogP contribution is 2.35. The molecule has 234 valence electrons. The third kappa shape index (κ3) is 4.50. The minimum absolute atomic E-state index is 0.824. The van der Waals surface area contributed by atoms with Crippen LogP contribution in [-0.2, 0) is 0 Å². The quantitative estimate of drug-likeness (QED) is 0.188. The largest absolute Gasteiger partial charge is 0.294 e. The maximum Gasteiger partial charge on any atom is 0.145 e. The van der Waals surface area contributed by atoms with E-state index in [-0.39, 0.29) is 0 Å². The second kappa shape index (κ2) is 11.4. The smallest absolute Gasteiger partial charge is 0.145 e. The average Bonchev–Trinajstić information content (AvgIpc) is 3.71. The van der Waals surface area contributed by atoms with Crippen LogP contribution >= 0.6 is 0 Å². The predicted octanol–water partition coefficient (Wildman–Crippen LogP) is 10.5. The van der Waals surface area contributed by atoms with Crippen molar-refractivity contribution in [2.45, 2.75) is 0 Å². The number of nitrogens with zero attached hydrogens (tertiary/aromatic N) is 6. The third-order valence-electron chi connectivity index (χ3n) is 9.50. The molecule has 6 heterocycles. The minimum Gasteiger partial charge on any atom is -0.294 e. The van der Waals surface area contributed by atoms with E-state index in [0.29, 0.717) is 0 Å². The van der Waals surface area contributed by atoms with E-state index in [1.54, 1.807) is 0 Å². The summed E-state index contributed by atoms with van der Waals surface area (Å²) >= 11 is 0. The third-order valence-corrected chi connectivity index (χ3v) is 9.50. The summed E-state index contributed by atoms with van der Waals surface area (Å²) in [6.07, 6.45) is 5.52. The number of fused-ring (bicyclic) bond motifs is 6. The second-order valence-corrected chi connectivity index (χ2v) is 12.4. The van der Waals surface area contributed by atoms with Gasteiger partial charge in [0.2, 0.25) is 0 Å². The summed E-state index contributed by atoms with van der Waals surface area (Å²) in [7, 11) is 0. The van der Waals surface area contributed by atoms with Crippen molar-refractivity contribution in [2.75, 3.05) is 0 Å². The van der Waals surface area contributed by atoms with Crippen LogP contribution < -0.4 is 0 Å². The Hall–Kier alpha value is -6.92. The van der Waals surface area contributed by atoms with E-state index >= 15 is 0 Å². The molecular weight excluding hydrogens is 613 g/mol. The Morgan fingerprint density at radius 3 is 1.42 bits per heavy atom. The number of benzene rings is 4. The summed E-state index contributed by atoms with van der Waals surface area (Å²) in [5, 5.41) is 4.67. The topological polar surface area (TPSA) is 61.4 Å². The lowest BCUT2D eigenvalue weighted by atomic mass is 10.0. The first-order valence-corrected chi connectivity index (χ1v) is 16.6. The van der Waals surface area contributed by atoms with Gasteiger partial charge in [0.05, 0.1) is 28.1 Å². The first kappa shape index (κ1) is 28.1. The maximum absolute atomic E-state index is 5.12. The fraction of sp³-hybridized carbons (Fsp3) is 0. The zero-order chi connectivity index (χ0) is 33.0. The van der Waals surface area contributed by atoms with Crippen molar-refractivity contribution < 1.29 is 0 Å². The molecular formula is C44H28N6. The molecule has 0 bridgehead atoms. The van der Waals surface area contributed by atoms with Crippen LogP contribution in [0.1, 0.15) is 0 Å². The molecule has 0 atom stereocenters. The summed E-state index contributed by atoms with van der Waals surface area (Å²) < 4.78 is 4.46. The fourth-order valence-electron chi connectivity index (χ4n) is 7.19. The minimum atomic E-state index is 0.824. The van der Waals surface area contributed by atoms with Gasteiger partial charge in [-0.15, -0.1) is 0 Å². The van der Waals surface area contributed by atoms with Gasteiger partial charge in [0.15, 0.2) is 0 Å². The van der Waals surface area contributed by atoms with Crippen LogP contribution in [-0.4, -0.2) is 29.1 Å². The Balaban J connectivity index is 1.07. The molecule has 10 aromatic rings. The first-order chi connectivity index (χ1) is 24.8. The molecule has 0 fully saturated rings. The number of aromatic nitrogens is 6. The van der Waals surface area contributed by atoms with Gasteiger partial charge in [0.1, 0.15) is 11.3 Å². The van der Waals surface area contributed by atoms with Gasteiger partial charge in [0.25, 0.3) is 0 Å². The van der Waals surface area contributed by atoms with E-state index in [2.05, 4.69) is 135 Å². The highest BCUT2D eigenvalue weighted by atomic mass is 15.1. The van der Waals surface area contributed by atoms with Crippen LogP contribution in [0.2, 0.25) is 0 Å². The van der Waals surface area contributed by atoms with Crippen LogP contribution in [0, 0.1) is 0 Å². The zero-order valence-corrected chi connectivity index (χ0v) is 26.8. The van der Waals surface area contributed by atoms with Gasteiger partial charge in [-0.3, -0.25) is 14.1 Å². The summed E-state index contributed by atoms with van der Waals surface area (Å²) in [6.45, 7) is 0. The van der Waals surface area contributed by atoms with E-state index in [9.17, 15) is 0 Å². The number of pyridine rings is 4. The lowest BCUT2D eigenvalue weighted by Crippen LogP contribution is -1.97. The molecule has 4 aromatic carbocycles. The first-order valence-electron chi connectivity index (χ1n) is 16.6. The Kier molecular flexibility index (Phi) is 6.39. The van der Waals surface area contributed by atoms with Crippen LogP contribution in [0.15, 0.2) is 170 Å². The molecule has 0 aliphatic rings. The van der Waals surface area contributed by atoms with Crippen molar-refractivity contribution >= 4 is 43.9 Å². The Morgan fingerprint density at radius 1 is 0.340 bits per heavy atom. The highest BCUT2D eigenvalue weighted by molar-refractivity contribution is 6.08. The number of para-hydroxylation sites is 2. The molecule has 0 aliphatic carbocycles. The molecule has 6 aromatic heterocycles.